The molecule has 5 aromatic rings. The average Bonchev–Trinajstić information content (AvgIpc) is 3.30. The number of benzene rings is 2. The number of hydrogen-bond acceptors (Lipinski definition) is 4. The molecule has 0 unspecified atom stereocenters. The molecule has 150 valence electrons. The van der Waals surface area contributed by atoms with Crippen LogP contribution in [0.15, 0.2) is 73.2 Å². The lowest BCUT2D eigenvalue weighted by molar-refractivity contribution is 0.610. The normalized spacial score (nSPS) is 11.6. The molecule has 30 heavy (non-hydrogen) atoms. The van der Waals surface area contributed by atoms with Gasteiger partial charge in [0.2, 0.25) is 0 Å². The quantitative estimate of drug-likeness (QED) is 0.386. The molecule has 0 aliphatic carbocycles. The molecule has 0 atom stereocenters. The lowest BCUT2D eigenvalue weighted by atomic mass is 10.2. The van der Waals surface area contributed by atoms with Gasteiger partial charge in [-0.2, -0.15) is 4.98 Å². The summed E-state index contributed by atoms with van der Waals surface area (Å²) < 4.78 is 10.9. The van der Waals surface area contributed by atoms with Crippen LogP contribution in [0.3, 0.4) is 0 Å². The predicted molar refractivity (Wildman–Crippen MR) is 118 cm³/mol. The zero-order valence-electron chi connectivity index (χ0n) is 15.7. The standard InChI is InChI=1S/C21H14BrClN4O3/c1-25-18-17(19(28)27(21(25)29)10-12-2-6-14(22)7-3-12)26-11-16(30-20(26)24-18)13-4-8-15(23)9-5-13/h2-9,11H,10H2,1H3. The Morgan fingerprint density at radius 1 is 1.07 bits per heavy atom. The predicted octanol–water partition coefficient (Wildman–Crippen LogP) is 4.07. The number of aromatic nitrogens is 4. The van der Waals surface area contributed by atoms with E-state index in [0.29, 0.717) is 10.8 Å². The number of hydrogen-bond donors (Lipinski definition) is 0. The Hall–Kier alpha value is -3.10. The van der Waals surface area contributed by atoms with Crippen LogP contribution < -0.4 is 11.2 Å². The maximum Gasteiger partial charge on any atom is 0.332 e. The van der Waals surface area contributed by atoms with E-state index in [1.54, 1.807) is 29.8 Å². The van der Waals surface area contributed by atoms with Gasteiger partial charge in [0.25, 0.3) is 5.56 Å². The van der Waals surface area contributed by atoms with Crippen LogP contribution in [0.4, 0.5) is 0 Å². The molecule has 0 N–H and O–H groups in total. The van der Waals surface area contributed by atoms with E-state index < -0.39 is 11.2 Å². The van der Waals surface area contributed by atoms with Gasteiger partial charge in [0.1, 0.15) is 0 Å². The molecular formula is C21H14BrClN4O3. The third-order valence-corrected chi connectivity index (χ3v) is 5.75. The molecule has 5 rings (SSSR count). The van der Waals surface area contributed by atoms with Gasteiger partial charge in [0.05, 0.1) is 12.7 Å². The van der Waals surface area contributed by atoms with Crippen LogP contribution in [0.2, 0.25) is 5.02 Å². The molecule has 7 nitrogen and oxygen atoms in total. The highest BCUT2D eigenvalue weighted by Crippen LogP contribution is 2.25. The molecule has 0 fully saturated rings. The van der Waals surface area contributed by atoms with E-state index >= 15 is 0 Å². The number of fused-ring (bicyclic) bond motifs is 3. The largest absolute Gasteiger partial charge is 0.423 e. The van der Waals surface area contributed by atoms with Gasteiger partial charge in [-0.05, 0) is 42.0 Å². The monoisotopic (exact) mass is 484 g/mol. The Morgan fingerprint density at radius 2 is 1.77 bits per heavy atom. The van der Waals surface area contributed by atoms with Gasteiger partial charge >= 0.3 is 11.5 Å². The molecular weight excluding hydrogens is 472 g/mol. The van der Waals surface area contributed by atoms with Crippen molar-refractivity contribution in [3.8, 4) is 11.3 Å². The summed E-state index contributed by atoms with van der Waals surface area (Å²) in [6.07, 6.45) is 1.70. The molecule has 9 heteroatoms. The molecule has 0 amide bonds. The second kappa shape index (κ2) is 7.00. The van der Waals surface area contributed by atoms with Crippen LogP contribution in [-0.2, 0) is 13.6 Å². The minimum absolute atomic E-state index is 0.157. The molecule has 0 aliphatic rings. The molecule has 0 aliphatic heterocycles. The zero-order valence-corrected chi connectivity index (χ0v) is 18.0. The van der Waals surface area contributed by atoms with Crippen molar-refractivity contribution in [2.75, 3.05) is 0 Å². The van der Waals surface area contributed by atoms with Crippen LogP contribution in [0, 0.1) is 0 Å². The Labute approximate surface area is 182 Å². The first-order valence-electron chi connectivity index (χ1n) is 9.04. The summed E-state index contributed by atoms with van der Waals surface area (Å²) in [7, 11) is 1.59. The number of imidazole rings is 1. The van der Waals surface area contributed by atoms with E-state index in [2.05, 4.69) is 20.9 Å². The third kappa shape index (κ3) is 3.00. The van der Waals surface area contributed by atoms with Crippen molar-refractivity contribution in [3.63, 3.8) is 0 Å². The first-order chi connectivity index (χ1) is 14.4. The fourth-order valence-electron chi connectivity index (χ4n) is 3.41. The lowest BCUT2D eigenvalue weighted by Gasteiger charge is -2.08. The second-order valence-electron chi connectivity index (χ2n) is 6.90. The van der Waals surface area contributed by atoms with Crippen LogP contribution >= 0.6 is 27.5 Å². The molecule has 3 aromatic heterocycles. The minimum Gasteiger partial charge on any atom is -0.423 e. The summed E-state index contributed by atoms with van der Waals surface area (Å²) in [4.78, 5) is 30.5. The van der Waals surface area contributed by atoms with Crippen LogP contribution in [-0.4, -0.2) is 18.5 Å². The Bertz CT molecular complexity index is 1530. The van der Waals surface area contributed by atoms with Gasteiger partial charge in [-0.25, -0.2) is 4.79 Å². The van der Waals surface area contributed by atoms with Crippen LogP contribution in [0.5, 0.6) is 0 Å². The Balaban J connectivity index is 1.71. The van der Waals surface area contributed by atoms with Crippen LogP contribution in [0.25, 0.3) is 28.3 Å². The number of nitrogens with zero attached hydrogens (tertiary/aromatic N) is 4. The van der Waals surface area contributed by atoms with E-state index in [0.717, 1.165) is 15.6 Å². The molecule has 0 spiro atoms. The smallest absolute Gasteiger partial charge is 0.332 e. The Kier molecular flexibility index (Phi) is 4.41. The molecule has 2 aromatic carbocycles. The first-order valence-corrected chi connectivity index (χ1v) is 10.2. The zero-order chi connectivity index (χ0) is 21.0. The molecule has 0 bridgehead atoms. The van der Waals surface area contributed by atoms with Gasteiger partial charge in [0, 0.05) is 22.1 Å². The van der Waals surface area contributed by atoms with E-state index in [4.69, 9.17) is 16.0 Å². The summed E-state index contributed by atoms with van der Waals surface area (Å²) in [6, 6.07) is 14.6. The van der Waals surface area contributed by atoms with Crippen molar-refractivity contribution in [2.45, 2.75) is 6.54 Å². The van der Waals surface area contributed by atoms with Gasteiger partial charge in [-0.15, -0.1) is 0 Å². The van der Waals surface area contributed by atoms with Gasteiger partial charge in [-0.1, -0.05) is 39.7 Å². The van der Waals surface area contributed by atoms with Crippen molar-refractivity contribution >= 4 is 44.5 Å². The average molecular weight is 486 g/mol. The summed E-state index contributed by atoms with van der Waals surface area (Å²) in [5.41, 5.74) is 1.34. The highest BCUT2D eigenvalue weighted by atomic mass is 79.9. The number of rotatable bonds is 3. The summed E-state index contributed by atoms with van der Waals surface area (Å²) in [5, 5.41) is 0.617. The van der Waals surface area contributed by atoms with Crippen LogP contribution in [0.1, 0.15) is 5.56 Å². The van der Waals surface area contributed by atoms with Gasteiger partial charge < -0.3 is 4.42 Å². The SMILES string of the molecule is Cn1c(=O)n(Cc2ccc(Br)cc2)c(=O)c2c1nc1oc(-c3ccc(Cl)cc3)cn12. The first kappa shape index (κ1) is 18.9. The molecule has 3 heterocycles. The molecule has 0 saturated carbocycles. The number of oxazole rings is 1. The van der Waals surface area contributed by atoms with Crippen molar-refractivity contribution in [1.82, 2.24) is 18.5 Å². The summed E-state index contributed by atoms with van der Waals surface area (Å²) in [5.74, 6) is 0.784. The fraction of sp³-hybridized carbons (Fsp3) is 0.0952. The maximum atomic E-state index is 13.3. The van der Waals surface area contributed by atoms with Crippen molar-refractivity contribution < 1.29 is 4.42 Å². The maximum absolute atomic E-state index is 13.3. The number of halogens is 2. The van der Waals surface area contributed by atoms with E-state index in [1.807, 2.05) is 36.4 Å². The second-order valence-corrected chi connectivity index (χ2v) is 8.25. The highest BCUT2D eigenvalue weighted by molar-refractivity contribution is 9.10. The molecule has 0 radical (unpaired) electrons. The van der Waals surface area contributed by atoms with Crippen molar-refractivity contribution in [3.05, 3.63) is 90.6 Å². The summed E-state index contributed by atoms with van der Waals surface area (Å²) >= 11 is 9.34. The van der Waals surface area contributed by atoms with E-state index in [-0.39, 0.29) is 23.6 Å². The van der Waals surface area contributed by atoms with E-state index in [9.17, 15) is 9.59 Å². The summed E-state index contributed by atoms with van der Waals surface area (Å²) in [6.45, 7) is 0.157. The number of aryl methyl sites for hydroxylation is 1. The highest BCUT2D eigenvalue weighted by Gasteiger charge is 2.20. The van der Waals surface area contributed by atoms with Gasteiger partial charge in [0.15, 0.2) is 16.9 Å². The lowest BCUT2D eigenvalue weighted by Crippen LogP contribution is -2.39. The topological polar surface area (TPSA) is 74.4 Å². The third-order valence-electron chi connectivity index (χ3n) is 4.97. The van der Waals surface area contributed by atoms with Crippen molar-refractivity contribution in [1.29, 1.82) is 0 Å². The Morgan fingerprint density at radius 3 is 2.47 bits per heavy atom. The minimum atomic E-state index is -0.436. The van der Waals surface area contributed by atoms with E-state index in [1.165, 1.54) is 9.13 Å². The molecule has 0 saturated heterocycles. The van der Waals surface area contributed by atoms with Gasteiger partial charge in [-0.3, -0.25) is 18.3 Å². The van der Waals surface area contributed by atoms with Crippen molar-refractivity contribution in [2.24, 2.45) is 7.05 Å². The fourth-order valence-corrected chi connectivity index (χ4v) is 3.80.